The molecule has 3 aliphatic rings. The smallest absolute Gasteiger partial charge is 0.244 e. The fourth-order valence-corrected chi connectivity index (χ4v) is 3.52. The Labute approximate surface area is 133 Å². The van der Waals surface area contributed by atoms with Crippen LogP contribution >= 0.6 is 0 Å². The number of hydrogen-bond donors (Lipinski definition) is 1. The van der Waals surface area contributed by atoms with Gasteiger partial charge in [0.25, 0.3) is 0 Å². The van der Waals surface area contributed by atoms with Crippen LogP contribution in [-0.2, 0) is 4.79 Å². The van der Waals surface area contributed by atoms with Crippen LogP contribution in [0, 0.1) is 5.92 Å². The molecule has 3 nitrogen and oxygen atoms in total. The summed E-state index contributed by atoms with van der Waals surface area (Å²) in [7, 11) is 0. The van der Waals surface area contributed by atoms with E-state index in [4.69, 9.17) is 0 Å². The minimum atomic E-state index is 0.0340. The van der Waals surface area contributed by atoms with E-state index in [0.29, 0.717) is 17.9 Å². The van der Waals surface area contributed by atoms with Crippen molar-refractivity contribution < 1.29 is 4.79 Å². The molecule has 0 spiro atoms. The van der Waals surface area contributed by atoms with E-state index in [2.05, 4.69) is 48.3 Å². The highest BCUT2D eigenvalue weighted by Gasteiger charge is 2.34. The first-order valence-corrected chi connectivity index (χ1v) is 8.42. The number of benzene rings is 1. The van der Waals surface area contributed by atoms with Gasteiger partial charge in [0.2, 0.25) is 5.91 Å². The summed E-state index contributed by atoms with van der Waals surface area (Å²) in [4.78, 5) is 14.6. The van der Waals surface area contributed by atoms with Gasteiger partial charge >= 0.3 is 0 Å². The van der Waals surface area contributed by atoms with Crippen molar-refractivity contribution in [3.63, 3.8) is 0 Å². The van der Waals surface area contributed by atoms with Crippen LogP contribution in [0.2, 0.25) is 0 Å². The molecule has 1 N–H and O–H groups in total. The van der Waals surface area contributed by atoms with E-state index in [1.54, 1.807) is 6.08 Å². The van der Waals surface area contributed by atoms with Crippen LogP contribution in [0.3, 0.4) is 0 Å². The minimum absolute atomic E-state index is 0.0340. The number of carbonyl (C=O) groups is 1. The van der Waals surface area contributed by atoms with Gasteiger partial charge in [0.1, 0.15) is 0 Å². The number of carbonyl (C=O) groups excluding carboxylic acids is 1. The van der Waals surface area contributed by atoms with E-state index in [9.17, 15) is 4.79 Å². The number of rotatable bonds is 4. The van der Waals surface area contributed by atoms with Gasteiger partial charge in [-0.05, 0) is 55.0 Å². The summed E-state index contributed by atoms with van der Waals surface area (Å²) in [6.07, 6.45) is 6.03. The summed E-state index contributed by atoms with van der Waals surface area (Å²) in [5, 5.41) is 3.18. The van der Waals surface area contributed by atoms with Gasteiger partial charge in [0.05, 0.1) is 0 Å². The van der Waals surface area contributed by atoms with E-state index in [1.165, 1.54) is 31.5 Å². The largest absolute Gasteiger partial charge is 0.348 e. The van der Waals surface area contributed by atoms with E-state index < -0.39 is 0 Å². The van der Waals surface area contributed by atoms with Crippen molar-refractivity contribution in [1.29, 1.82) is 0 Å². The molecule has 3 heteroatoms. The first-order chi connectivity index (χ1) is 10.6. The SMILES string of the molecule is CC(C)c1ccc(C=CC(=O)NC2CN3CCC2CC3)cc1. The highest BCUT2D eigenvalue weighted by atomic mass is 16.1. The summed E-state index contributed by atoms with van der Waals surface area (Å²) in [5.74, 6) is 1.25. The first kappa shape index (κ1) is 15.3. The number of hydrogen-bond acceptors (Lipinski definition) is 2. The molecule has 1 atom stereocenters. The Hall–Kier alpha value is -1.61. The predicted octanol–water partition coefficient (Wildman–Crippen LogP) is 3.03. The Morgan fingerprint density at radius 3 is 2.45 bits per heavy atom. The topological polar surface area (TPSA) is 32.3 Å². The second-order valence-corrected chi connectivity index (χ2v) is 6.91. The van der Waals surface area contributed by atoms with Crippen LogP contribution in [-0.4, -0.2) is 36.5 Å². The van der Waals surface area contributed by atoms with E-state index in [-0.39, 0.29) is 5.91 Å². The van der Waals surface area contributed by atoms with Crippen LogP contribution < -0.4 is 5.32 Å². The third-order valence-corrected chi connectivity index (χ3v) is 5.01. The number of amides is 1. The number of nitrogens with one attached hydrogen (secondary N) is 1. The number of piperidine rings is 3. The van der Waals surface area contributed by atoms with Crippen molar-refractivity contribution >= 4 is 12.0 Å². The van der Waals surface area contributed by atoms with Crippen molar-refractivity contribution in [1.82, 2.24) is 10.2 Å². The zero-order valence-electron chi connectivity index (χ0n) is 13.6. The fourth-order valence-electron chi connectivity index (χ4n) is 3.52. The highest BCUT2D eigenvalue weighted by molar-refractivity contribution is 5.91. The molecule has 3 aliphatic heterocycles. The molecule has 3 fully saturated rings. The van der Waals surface area contributed by atoms with Gasteiger partial charge in [-0.1, -0.05) is 38.1 Å². The van der Waals surface area contributed by atoms with Crippen molar-refractivity contribution in [2.24, 2.45) is 5.92 Å². The second kappa shape index (κ2) is 6.66. The maximum atomic E-state index is 12.1. The number of nitrogens with zero attached hydrogens (tertiary/aromatic N) is 1. The Kier molecular flexibility index (Phi) is 4.63. The summed E-state index contributed by atoms with van der Waals surface area (Å²) >= 11 is 0. The average Bonchev–Trinajstić information content (AvgIpc) is 2.54. The molecule has 22 heavy (non-hydrogen) atoms. The van der Waals surface area contributed by atoms with Gasteiger partial charge < -0.3 is 10.2 Å². The van der Waals surface area contributed by atoms with Crippen LogP contribution in [0.5, 0.6) is 0 Å². The molecule has 118 valence electrons. The van der Waals surface area contributed by atoms with Gasteiger partial charge in [0, 0.05) is 18.7 Å². The Bertz CT molecular complexity index is 539. The van der Waals surface area contributed by atoms with Gasteiger partial charge in [-0.2, -0.15) is 0 Å². The van der Waals surface area contributed by atoms with E-state index in [0.717, 1.165) is 12.1 Å². The Morgan fingerprint density at radius 1 is 1.23 bits per heavy atom. The molecule has 1 aromatic rings. The van der Waals surface area contributed by atoms with E-state index in [1.807, 2.05) is 6.08 Å². The van der Waals surface area contributed by atoms with Gasteiger partial charge in [-0.15, -0.1) is 0 Å². The van der Waals surface area contributed by atoms with Crippen molar-refractivity contribution in [3.8, 4) is 0 Å². The molecule has 0 aromatic heterocycles. The summed E-state index contributed by atoms with van der Waals surface area (Å²) in [5.41, 5.74) is 2.40. The average molecular weight is 298 g/mol. The number of fused-ring (bicyclic) bond motifs is 3. The lowest BCUT2D eigenvalue weighted by atomic mass is 9.84. The lowest BCUT2D eigenvalue weighted by Gasteiger charge is -2.44. The molecule has 1 amide bonds. The Morgan fingerprint density at radius 2 is 1.91 bits per heavy atom. The molecule has 1 unspecified atom stereocenters. The van der Waals surface area contributed by atoms with Gasteiger partial charge in [-0.3, -0.25) is 4.79 Å². The molecule has 3 saturated heterocycles. The standard InChI is InChI=1S/C19H26N2O/c1-14(2)16-6-3-15(4-7-16)5-8-19(22)20-18-13-21-11-9-17(18)10-12-21/h3-8,14,17-18H,9-13H2,1-2H3,(H,20,22). The summed E-state index contributed by atoms with van der Waals surface area (Å²) in [6.45, 7) is 7.80. The maximum absolute atomic E-state index is 12.1. The second-order valence-electron chi connectivity index (χ2n) is 6.91. The molecule has 1 aromatic carbocycles. The zero-order chi connectivity index (χ0) is 15.5. The lowest BCUT2D eigenvalue weighted by Crippen LogP contribution is -2.57. The van der Waals surface area contributed by atoms with Gasteiger partial charge in [0.15, 0.2) is 0 Å². The van der Waals surface area contributed by atoms with Crippen molar-refractivity contribution in [2.45, 2.75) is 38.6 Å². The maximum Gasteiger partial charge on any atom is 0.244 e. The van der Waals surface area contributed by atoms with Crippen molar-refractivity contribution in [2.75, 3.05) is 19.6 Å². The molecule has 2 bridgehead atoms. The molecular weight excluding hydrogens is 272 g/mol. The fraction of sp³-hybridized carbons (Fsp3) is 0.526. The van der Waals surface area contributed by atoms with Crippen LogP contribution in [0.4, 0.5) is 0 Å². The molecular formula is C19H26N2O. The van der Waals surface area contributed by atoms with E-state index >= 15 is 0 Å². The summed E-state index contributed by atoms with van der Waals surface area (Å²) in [6, 6.07) is 8.76. The minimum Gasteiger partial charge on any atom is -0.348 e. The molecule has 4 rings (SSSR count). The van der Waals surface area contributed by atoms with Crippen LogP contribution in [0.15, 0.2) is 30.3 Å². The Balaban J connectivity index is 1.55. The van der Waals surface area contributed by atoms with Gasteiger partial charge in [-0.25, -0.2) is 0 Å². The van der Waals surface area contributed by atoms with Crippen LogP contribution in [0.1, 0.15) is 43.7 Å². The molecule has 0 saturated carbocycles. The third-order valence-electron chi connectivity index (χ3n) is 5.01. The predicted molar refractivity (Wildman–Crippen MR) is 90.7 cm³/mol. The quantitative estimate of drug-likeness (QED) is 0.867. The first-order valence-electron chi connectivity index (χ1n) is 8.42. The van der Waals surface area contributed by atoms with Crippen LogP contribution in [0.25, 0.3) is 6.08 Å². The van der Waals surface area contributed by atoms with Crippen molar-refractivity contribution in [3.05, 3.63) is 41.5 Å². The molecule has 3 heterocycles. The lowest BCUT2D eigenvalue weighted by molar-refractivity contribution is -0.118. The normalized spacial score (nSPS) is 27.5. The third kappa shape index (κ3) is 3.58. The molecule has 0 radical (unpaired) electrons. The molecule has 0 aliphatic carbocycles. The zero-order valence-corrected chi connectivity index (χ0v) is 13.6. The monoisotopic (exact) mass is 298 g/mol. The summed E-state index contributed by atoms with van der Waals surface area (Å²) < 4.78 is 0. The highest BCUT2D eigenvalue weighted by Crippen LogP contribution is 2.27.